The molecular formula is C20H21N5O4. The Morgan fingerprint density at radius 1 is 0.724 bits per heavy atom. The lowest BCUT2D eigenvalue weighted by molar-refractivity contribution is -0.124. The maximum atomic E-state index is 12.2. The summed E-state index contributed by atoms with van der Waals surface area (Å²) in [5.41, 5.74) is 1.27. The molecule has 2 aromatic heterocycles. The van der Waals surface area contributed by atoms with Crippen LogP contribution in [0, 0.1) is 0 Å². The highest BCUT2D eigenvalue weighted by Gasteiger charge is 2.20. The molecule has 2 amide bonds. The molecule has 0 atom stereocenters. The second-order valence-corrected chi connectivity index (χ2v) is 6.48. The minimum Gasteiger partial charge on any atom is -0.479 e. The highest BCUT2D eigenvalue weighted by molar-refractivity contribution is 6.10. The largest absolute Gasteiger partial charge is 0.479 e. The van der Waals surface area contributed by atoms with Crippen molar-refractivity contribution < 1.29 is 19.1 Å². The van der Waals surface area contributed by atoms with Gasteiger partial charge in [-0.3, -0.25) is 19.6 Å². The fourth-order valence-corrected chi connectivity index (χ4v) is 3.17. The summed E-state index contributed by atoms with van der Waals surface area (Å²) < 4.78 is 11.8. The van der Waals surface area contributed by atoms with Crippen molar-refractivity contribution in [3.8, 4) is 11.5 Å². The number of amides is 2. The lowest BCUT2D eigenvalue weighted by atomic mass is 10.1. The third kappa shape index (κ3) is 4.19. The van der Waals surface area contributed by atoms with Gasteiger partial charge in [-0.15, -0.1) is 0 Å². The number of hydrogen-bond acceptors (Lipinski definition) is 7. The molecule has 9 heteroatoms. The molecule has 9 nitrogen and oxygen atoms in total. The van der Waals surface area contributed by atoms with Crippen molar-refractivity contribution in [1.82, 2.24) is 25.9 Å². The summed E-state index contributed by atoms with van der Waals surface area (Å²) in [4.78, 5) is 33.2. The molecule has 1 aliphatic rings. The smallest absolute Gasteiger partial charge is 0.257 e. The summed E-state index contributed by atoms with van der Waals surface area (Å²) >= 11 is 0. The highest BCUT2D eigenvalue weighted by atomic mass is 16.5. The van der Waals surface area contributed by atoms with Crippen LogP contribution in [0.4, 0.5) is 0 Å². The molecule has 3 N–H and O–H groups in total. The van der Waals surface area contributed by atoms with Crippen molar-refractivity contribution in [2.45, 2.75) is 0 Å². The second kappa shape index (κ2) is 8.70. The average Bonchev–Trinajstić information content (AvgIpc) is 2.75. The molecule has 0 unspecified atom stereocenters. The minimum absolute atomic E-state index is 0.182. The van der Waals surface area contributed by atoms with Crippen molar-refractivity contribution in [3.63, 3.8) is 0 Å². The van der Waals surface area contributed by atoms with E-state index in [2.05, 4.69) is 25.9 Å². The van der Waals surface area contributed by atoms with Crippen LogP contribution in [0.5, 0.6) is 11.5 Å². The maximum Gasteiger partial charge on any atom is 0.257 e. The predicted octanol–water partition coefficient (Wildman–Crippen LogP) is 0.376. The van der Waals surface area contributed by atoms with Gasteiger partial charge in [0.1, 0.15) is 11.0 Å². The third-order valence-electron chi connectivity index (χ3n) is 4.48. The van der Waals surface area contributed by atoms with E-state index in [1.165, 1.54) is 0 Å². The number of carbonyl (C=O) groups excluding carboxylic acids is 2. The van der Waals surface area contributed by atoms with Gasteiger partial charge < -0.3 is 25.4 Å². The van der Waals surface area contributed by atoms with E-state index in [9.17, 15) is 9.59 Å². The lowest BCUT2D eigenvalue weighted by Crippen LogP contribution is -2.38. The SMILES string of the molecule is O=C1COc2c(c3cccnc3c3ncccc23)OCC(=O)NCCNCCN1. The van der Waals surface area contributed by atoms with Gasteiger partial charge in [0.15, 0.2) is 24.7 Å². The van der Waals surface area contributed by atoms with Crippen LogP contribution in [0.3, 0.4) is 0 Å². The molecule has 1 aliphatic heterocycles. The average molecular weight is 395 g/mol. The Bertz CT molecular complexity index is 973. The second-order valence-electron chi connectivity index (χ2n) is 6.48. The number of benzene rings is 1. The standard InChI is InChI=1S/C20H21N5O4/c26-15-11-28-19-13-3-1-5-24-17(13)18-14(4-2-6-25-18)20(19)29-12-16(27)23-10-8-21-7-9-22-15/h1-6,21H,7-12H2,(H,22,26)(H,23,27). The molecule has 29 heavy (non-hydrogen) atoms. The minimum atomic E-state index is -0.245. The topological polar surface area (TPSA) is 114 Å². The molecule has 0 aliphatic carbocycles. The van der Waals surface area contributed by atoms with E-state index in [4.69, 9.17) is 9.47 Å². The molecule has 150 valence electrons. The molecule has 0 radical (unpaired) electrons. The molecule has 0 fully saturated rings. The van der Waals surface area contributed by atoms with Crippen molar-refractivity contribution in [2.24, 2.45) is 0 Å². The van der Waals surface area contributed by atoms with Crippen LogP contribution in [0.15, 0.2) is 36.7 Å². The normalized spacial score (nSPS) is 16.6. The number of hydrogen-bond donors (Lipinski definition) is 3. The molecule has 0 bridgehead atoms. The third-order valence-corrected chi connectivity index (χ3v) is 4.48. The van der Waals surface area contributed by atoms with Gasteiger partial charge in [0.2, 0.25) is 0 Å². The molecule has 0 saturated carbocycles. The van der Waals surface area contributed by atoms with Crippen LogP contribution in [0.1, 0.15) is 0 Å². The Kier molecular flexibility index (Phi) is 5.66. The van der Waals surface area contributed by atoms with Crippen LogP contribution in [-0.4, -0.2) is 61.2 Å². The van der Waals surface area contributed by atoms with Crippen molar-refractivity contribution in [3.05, 3.63) is 36.7 Å². The number of nitrogens with zero attached hydrogens (tertiary/aromatic N) is 2. The van der Waals surface area contributed by atoms with Gasteiger partial charge in [-0.25, -0.2) is 0 Å². The van der Waals surface area contributed by atoms with E-state index in [1.54, 1.807) is 24.5 Å². The van der Waals surface area contributed by atoms with Gasteiger partial charge in [0.25, 0.3) is 11.8 Å². The summed E-state index contributed by atoms with van der Waals surface area (Å²) in [6.07, 6.45) is 3.34. The first-order valence-electron chi connectivity index (χ1n) is 9.39. The first kappa shape index (κ1) is 18.9. The van der Waals surface area contributed by atoms with E-state index >= 15 is 0 Å². The van der Waals surface area contributed by atoms with E-state index < -0.39 is 0 Å². The van der Waals surface area contributed by atoms with Crippen LogP contribution in [0.25, 0.3) is 21.8 Å². The number of carbonyl (C=O) groups is 2. The number of pyridine rings is 2. The molecule has 3 aromatic rings. The van der Waals surface area contributed by atoms with Crippen molar-refractivity contribution in [1.29, 1.82) is 0 Å². The van der Waals surface area contributed by atoms with Crippen LogP contribution in [0.2, 0.25) is 0 Å². The number of nitrogens with one attached hydrogen (secondary N) is 3. The van der Waals surface area contributed by atoms with Gasteiger partial charge >= 0.3 is 0 Å². The van der Waals surface area contributed by atoms with E-state index in [-0.39, 0.29) is 25.0 Å². The van der Waals surface area contributed by atoms with Crippen LogP contribution in [-0.2, 0) is 9.59 Å². The Hall–Kier alpha value is -3.46. The number of ether oxygens (including phenoxy) is 2. The fraction of sp³-hybridized carbons (Fsp3) is 0.300. The Morgan fingerprint density at radius 2 is 1.21 bits per heavy atom. The quantitative estimate of drug-likeness (QED) is 0.471. The molecule has 0 spiro atoms. The monoisotopic (exact) mass is 395 g/mol. The molecule has 3 heterocycles. The molecule has 1 aromatic carbocycles. The van der Waals surface area contributed by atoms with Gasteiger partial charge in [0.05, 0.1) is 0 Å². The summed E-state index contributed by atoms with van der Waals surface area (Å²) in [7, 11) is 0. The summed E-state index contributed by atoms with van der Waals surface area (Å²) in [6.45, 7) is 1.75. The van der Waals surface area contributed by atoms with Gasteiger partial charge in [-0.2, -0.15) is 0 Å². The number of fused-ring (bicyclic) bond motifs is 6. The van der Waals surface area contributed by atoms with Crippen molar-refractivity contribution in [2.75, 3.05) is 39.4 Å². The van der Waals surface area contributed by atoms with Gasteiger partial charge in [-0.1, -0.05) is 0 Å². The highest BCUT2D eigenvalue weighted by Crippen LogP contribution is 2.42. The van der Waals surface area contributed by atoms with Gasteiger partial charge in [-0.05, 0) is 24.3 Å². The zero-order valence-corrected chi connectivity index (χ0v) is 15.7. The number of rotatable bonds is 0. The summed E-state index contributed by atoms with van der Waals surface area (Å²) in [6, 6.07) is 7.20. The molecule has 4 rings (SSSR count). The molecular weight excluding hydrogens is 374 g/mol. The lowest BCUT2D eigenvalue weighted by Gasteiger charge is -2.17. The van der Waals surface area contributed by atoms with E-state index in [1.807, 2.05) is 12.1 Å². The summed E-state index contributed by atoms with van der Waals surface area (Å²) in [5.74, 6) is 0.240. The summed E-state index contributed by atoms with van der Waals surface area (Å²) in [5, 5.41) is 10.0. The first-order chi connectivity index (χ1) is 14.2. The Labute approximate surface area is 166 Å². The first-order valence-corrected chi connectivity index (χ1v) is 9.39. The van der Waals surface area contributed by atoms with Crippen molar-refractivity contribution >= 4 is 33.6 Å². The van der Waals surface area contributed by atoms with E-state index in [0.717, 1.165) is 0 Å². The van der Waals surface area contributed by atoms with Gasteiger partial charge in [0, 0.05) is 49.3 Å². The number of aromatic nitrogens is 2. The van der Waals surface area contributed by atoms with E-state index in [0.29, 0.717) is 59.5 Å². The predicted molar refractivity (Wildman–Crippen MR) is 107 cm³/mol. The molecule has 0 saturated heterocycles. The Balaban J connectivity index is 1.80. The maximum absolute atomic E-state index is 12.2. The zero-order valence-electron chi connectivity index (χ0n) is 15.7. The van der Waals surface area contributed by atoms with Crippen LogP contribution < -0.4 is 25.4 Å². The Morgan fingerprint density at radius 3 is 1.69 bits per heavy atom. The van der Waals surface area contributed by atoms with Crippen LogP contribution >= 0.6 is 0 Å². The zero-order chi connectivity index (χ0) is 20.1. The fourth-order valence-electron chi connectivity index (χ4n) is 3.17.